The number of benzene rings is 2. The Labute approximate surface area is 151 Å². The van der Waals surface area contributed by atoms with E-state index < -0.39 is 5.82 Å². The van der Waals surface area contributed by atoms with Gasteiger partial charge in [0.05, 0.1) is 25.0 Å². The molecule has 0 bridgehead atoms. The molecule has 0 amide bonds. The third-order valence-electron chi connectivity index (χ3n) is 4.01. The number of nitrogens with zero attached hydrogens (tertiary/aromatic N) is 3. The van der Waals surface area contributed by atoms with E-state index in [0.29, 0.717) is 22.8 Å². The average Bonchev–Trinajstić information content (AvgIpc) is 3.02. The lowest BCUT2D eigenvalue weighted by Crippen LogP contribution is -2.23. The first-order chi connectivity index (χ1) is 12.6. The van der Waals surface area contributed by atoms with Crippen LogP contribution in [0.1, 0.15) is 6.92 Å². The molecule has 1 aliphatic heterocycles. The predicted octanol–water partition coefficient (Wildman–Crippen LogP) is 4.85. The predicted molar refractivity (Wildman–Crippen MR) is 95.9 cm³/mol. The van der Waals surface area contributed by atoms with E-state index in [2.05, 4.69) is 9.69 Å². The van der Waals surface area contributed by atoms with Gasteiger partial charge in [-0.05, 0) is 31.2 Å². The van der Waals surface area contributed by atoms with Crippen molar-refractivity contribution in [3.8, 4) is 11.5 Å². The van der Waals surface area contributed by atoms with Crippen molar-refractivity contribution in [2.45, 2.75) is 13.0 Å². The SMILES string of the molecule is [C-]#[N+]CN(C1=C([N+]#[C-])C(C)OC1)c1ccc(Oc2ccccc2)c(F)c1. The number of anilines is 1. The lowest BCUT2D eigenvalue weighted by atomic mass is 10.2. The molecule has 0 saturated carbocycles. The summed E-state index contributed by atoms with van der Waals surface area (Å²) in [7, 11) is 0. The Kier molecular flexibility index (Phi) is 5.17. The van der Waals surface area contributed by atoms with E-state index in [1.807, 2.05) is 6.07 Å². The van der Waals surface area contributed by atoms with Gasteiger partial charge in [0.1, 0.15) is 5.75 Å². The second-order valence-corrected chi connectivity index (χ2v) is 5.65. The molecule has 1 aliphatic rings. The molecule has 1 heterocycles. The number of ether oxygens (including phenoxy) is 2. The fourth-order valence-corrected chi connectivity index (χ4v) is 2.71. The second-order valence-electron chi connectivity index (χ2n) is 5.65. The lowest BCUT2D eigenvalue weighted by Gasteiger charge is -2.21. The van der Waals surface area contributed by atoms with Crippen LogP contribution in [-0.4, -0.2) is 19.4 Å². The highest BCUT2D eigenvalue weighted by Crippen LogP contribution is 2.33. The van der Waals surface area contributed by atoms with Crippen LogP contribution < -0.4 is 9.64 Å². The highest BCUT2D eigenvalue weighted by Gasteiger charge is 2.29. The summed E-state index contributed by atoms with van der Waals surface area (Å²) in [5.74, 6) is 0.0876. The molecule has 0 aromatic heterocycles. The molecule has 6 heteroatoms. The second kappa shape index (κ2) is 7.69. The van der Waals surface area contributed by atoms with Crippen molar-refractivity contribution in [3.63, 3.8) is 0 Å². The Morgan fingerprint density at radius 2 is 2.00 bits per heavy atom. The van der Waals surface area contributed by atoms with Gasteiger partial charge in [-0.1, -0.05) is 18.2 Å². The van der Waals surface area contributed by atoms with Crippen molar-refractivity contribution >= 4 is 5.69 Å². The molecule has 26 heavy (non-hydrogen) atoms. The summed E-state index contributed by atoms with van der Waals surface area (Å²) in [5, 5.41) is 0. The normalized spacial score (nSPS) is 16.1. The molecule has 2 aromatic carbocycles. The van der Waals surface area contributed by atoms with E-state index in [9.17, 15) is 4.39 Å². The summed E-state index contributed by atoms with van der Waals surface area (Å²) in [6.07, 6.45) is -0.332. The van der Waals surface area contributed by atoms with Gasteiger partial charge in [-0.2, -0.15) is 0 Å². The molecule has 0 radical (unpaired) electrons. The molecule has 1 atom stereocenters. The van der Waals surface area contributed by atoms with Crippen molar-refractivity contribution in [2.75, 3.05) is 18.2 Å². The molecule has 130 valence electrons. The summed E-state index contributed by atoms with van der Waals surface area (Å²) in [6.45, 7) is 16.5. The van der Waals surface area contributed by atoms with E-state index in [1.54, 1.807) is 42.2 Å². The molecule has 5 nitrogen and oxygen atoms in total. The first-order valence-electron chi connectivity index (χ1n) is 7.99. The van der Waals surface area contributed by atoms with Crippen molar-refractivity contribution in [3.05, 3.63) is 88.6 Å². The Morgan fingerprint density at radius 3 is 2.65 bits per heavy atom. The van der Waals surface area contributed by atoms with E-state index in [-0.39, 0.29) is 25.1 Å². The largest absolute Gasteiger partial charge is 0.454 e. The van der Waals surface area contributed by atoms with Crippen LogP contribution >= 0.6 is 0 Å². The Hall–Kier alpha value is -3.35. The number of para-hydroxylation sites is 1. The van der Waals surface area contributed by atoms with Gasteiger partial charge in [0, 0.05) is 11.8 Å². The van der Waals surface area contributed by atoms with E-state index in [0.717, 1.165) is 0 Å². The minimum Gasteiger partial charge on any atom is -0.454 e. The first-order valence-corrected chi connectivity index (χ1v) is 7.99. The zero-order valence-electron chi connectivity index (χ0n) is 14.1. The molecule has 0 saturated heterocycles. The van der Waals surface area contributed by atoms with Gasteiger partial charge in [0.15, 0.2) is 11.6 Å². The number of rotatable bonds is 5. The average molecular weight is 349 g/mol. The van der Waals surface area contributed by atoms with Gasteiger partial charge in [-0.3, -0.25) is 9.74 Å². The standard InChI is InChI=1S/C20H16FN3O2/c1-14-20(23-3)18(12-25-14)24(13-22-2)15-9-10-19(17(21)11-15)26-16-7-5-4-6-8-16/h4-11,14H,12-13H2,1H3. The zero-order valence-corrected chi connectivity index (χ0v) is 14.1. The van der Waals surface area contributed by atoms with Gasteiger partial charge < -0.3 is 9.47 Å². The minimum atomic E-state index is -0.543. The summed E-state index contributed by atoms with van der Waals surface area (Å²) < 4.78 is 25.6. The quantitative estimate of drug-likeness (QED) is 0.723. The van der Waals surface area contributed by atoms with E-state index in [4.69, 9.17) is 22.6 Å². The van der Waals surface area contributed by atoms with Crippen molar-refractivity contribution in [1.29, 1.82) is 0 Å². The summed E-state index contributed by atoms with van der Waals surface area (Å²) in [4.78, 5) is 8.53. The van der Waals surface area contributed by atoms with Crippen LogP contribution in [0.25, 0.3) is 9.69 Å². The van der Waals surface area contributed by atoms with Gasteiger partial charge in [-0.25, -0.2) is 15.8 Å². The molecular weight excluding hydrogens is 333 g/mol. The third kappa shape index (κ3) is 3.51. The van der Waals surface area contributed by atoms with Gasteiger partial charge in [-0.15, -0.1) is 0 Å². The number of hydrogen-bond acceptors (Lipinski definition) is 3. The molecule has 3 rings (SSSR count). The summed E-state index contributed by atoms with van der Waals surface area (Å²) >= 11 is 0. The summed E-state index contributed by atoms with van der Waals surface area (Å²) in [5.41, 5.74) is 1.52. The van der Waals surface area contributed by atoms with E-state index >= 15 is 0 Å². The van der Waals surface area contributed by atoms with Crippen LogP contribution in [-0.2, 0) is 4.74 Å². The topological polar surface area (TPSA) is 30.4 Å². The fraction of sp³-hybridized carbons (Fsp3) is 0.200. The maximum absolute atomic E-state index is 14.5. The first kappa shape index (κ1) is 17.5. The molecule has 0 aliphatic carbocycles. The van der Waals surface area contributed by atoms with Crippen LogP contribution in [0.5, 0.6) is 11.5 Å². The van der Waals surface area contributed by atoms with Crippen LogP contribution in [0.4, 0.5) is 10.1 Å². The Morgan fingerprint density at radius 1 is 1.23 bits per heavy atom. The Balaban J connectivity index is 1.92. The molecule has 2 aromatic rings. The van der Waals surface area contributed by atoms with Gasteiger partial charge >= 0.3 is 0 Å². The maximum Gasteiger partial charge on any atom is 0.292 e. The Bertz CT molecular complexity index is 913. The van der Waals surface area contributed by atoms with Crippen molar-refractivity contribution in [1.82, 2.24) is 0 Å². The van der Waals surface area contributed by atoms with Crippen LogP contribution in [0.15, 0.2) is 59.9 Å². The van der Waals surface area contributed by atoms with E-state index in [1.165, 1.54) is 12.1 Å². The molecule has 1 unspecified atom stereocenters. The minimum absolute atomic E-state index is 0.0250. The highest BCUT2D eigenvalue weighted by atomic mass is 19.1. The third-order valence-corrected chi connectivity index (χ3v) is 4.01. The smallest absolute Gasteiger partial charge is 0.292 e. The molecule has 0 spiro atoms. The number of hydrogen-bond donors (Lipinski definition) is 0. The van der Waals surface area contributed by atoms with Crippen LogP contribution in [0.2, 0.25) is 0 Å². The highest BCUT2D eigenvalue weighted by molar-refractivity contribution is 5.57. The van der Waals surface area contributed by atoms with Crippen LogP contribution in [0.3, 0.4) is 0 Å². The molecular formula is C20H16FN3O2. The summed E-state index contributed by atoms with van der Waals surface area (Å²) in [6, 6.07) is 13.4. The van der Waals surface area contributed by atoms with Gasteiger partial charge in [0.25, 0.3) is 6.67 Å². The number of halogens is 1. The monoisotopic (exact) mass is 349 g/mol. The lowest BCUT2D eigenvalue weighted by molar-refractivity contribution is 0.134. The van der Waals surface area contributed by atoms with Crippen LogP contribution in [0, 0.1) is 19.0 Å². The molecule has 0 N–H and O–H groups in total. The maximum atomic E-state index is 14.5. The zero-order chi connectivity index (χ0) is 18.5. The molecule has 0 fully saturated rings. The fourth-order valence-electron chi connectivity index (χ4n) is 2.71. The van der Waals surface area contributed by atoms with Crippen molar-refractivity contribution < 1.29 is 13.9 Å². The van der Waals surface area contributed by atoms with Crippen molar-refractivity contribution in [2.24, 2.45) is 0 Å². The van der Waals surface area contributed by atoms with Gasteiger partial charge in [0.2, 0.25) is 5.70 Å².